The van der Waals surface area contributed by atoms with Gasteiger partial charge in [-0.1, -0.05) is 53.5 Å². The number of fused-ring (bicyclic) bond motifs is 1. The molecule has 0 N–H and O–H groups in total. The van der Waals surface area contributed by atoms with Crippen LogP contribution in [-0.2, 0) is 16.5 Å². The van der Waals surface area contributed by atoms with Crippen molar-refractivity contribution in [1.29, 1.82) is 0 Å². The van der Waals surface area contributed by atoms with Crippen LogP contribution < -0.4 is 4.74 Å². The first-order valence-electron chi connectivity index (χ1n) is 18.0. The summed E-state index contributed by atoms with van der Waals surface area (Å²) in [5, 5.41) is 10.8. The third-order valence-corrected chi connectivity index (χ3v) is 16.6. The lowest BCUT2D eigenvalue weighted by Gasteiger charge is -2.38. The van der Waals surface area contributed by atoms with Crippen molar-refractivity contribution in [2.24, 2.45) is 7.05 Å². The van der Waals surface area contributed by atoms with Gasteiger partial charge in [-0.2, -0.15) is 10.2 Å². The summed E-state index contributed by atoms with van der Waals surface area (Å²) < 4.78 is 22.4. The Morgan fingerprint density at radius 2 is 1.75 bits per heavy atom. The van der Waals surface area contributed by atoms with Gasteiger partial charge in [0.2, 0.25) is 5.88 Å². The first-order chi connectivity index (χ1) is 22.6. The number of benzene rings is 1. The van der Waals surface area contributed by atoms with Gasteiger partial charge in [0.15, 0.2) is 6.23 Å². The number of hydrogen-bond acceptors (Lipinski definition) is 6. The van der Waals surface area contributed by atoms with Crippen molar-refractivity contribution < 1.29 is 19.0 Å². The molecule has 0 saturated carbocycles. The van der Waals surface area contributed by atoms with E-state index in [1.165, 1.54) is 0 Å². The molecular formula is C38H57N5O4Si. The lowest BCUT2D eigenvalue weighted by atomic mass is 10.0. The highest BCUT2D eigenvalue weighted by molar-refractivity contribution is 6.90. The van der Waals surface area contributed by atoms with E-state index >= 15 is 0 Å². The zero-order chi connectivity index (χ0) is 35.0. The lowest BCUT2D eigenvalue weighted by molar-refractivity contribution is -0.0367. The highest BCUT2D eigenvalue weighted by atomic mass is 28.3. The van der Waals surface area contributed by atoms with Gasteiger partial charge in [-0.3, -0.25) is 0 Å². The fraction of sp³-hybridized carbons (Fsp3) is 0.658. The number of aryl methyl sites for hydroxylation is 1. The van der Waals surface area contributed by atoms with Crippen LogP contribution in [0.3, 0.4) is 0 Å². The van der Waals surface area contributed by atoms with Crippen LogP contribution in [0.5, 0.6) is 5.88 Å². The lowest BCUT2D eigenvalue weighted by Crippen LogP contribution is -2.50. The first-order valence-corrected chi connectivity index (χ1v) is 20.2. The van der Waals surface area contributed by atoms with Gasteiger partial charge in [-0.25, -0.2) is 14.2 Å². The molecule has 2 aromatic heterocycles. The molecule has 3 atom stereocenters. The second kappa shape index (κ2) is 14.3. The molecule has 5 rings (SSSR count). The van der Waals surface area contributed by atoms with Gasteiger partial charge in [0.1, 0.15) is 25.5 Å². The minimum atomic E-state index is -1.98. The Balaban J connectivity index is 1.53. The van der Waals surface area contributed by atoms with Crippen LogP contribution >= 0.6 is 0 Å². The minimum Gasteiger partial charge on any atom is -0.472 e. The van der Waals surface area contributed by atoms with Gasteiger partial charge in [-0.15, -0.1) is 5.54 Å². The Morgan fingerprint density at radius 3 is 2.38 bits per heavy atom. The van der Waals surface area contributed by atoms with Crippen molar-refractivity contribution in [2.75, 3.05) is 13.2 Å². The predicted octanol–water partition coefficient (Wildman–Crippen LogP) is 8.87. The van der Waals surface area contributed by atoms with Crippen LogP contribution in [0, 0.1) is 11.5 Å². The molecule has 1 aromatic carbocycles. The monoisotopic (exact) mass is 675 g/mol. The fourth-order valence-corrected chi connectivity index (χ4v) is 13.0. The zero-order valence-corrected chi connectivity index (χ0v) is 32.1. The summed E-state index contributed by atoms with van der Waals surface area (Å²) in [5.74, 6) is 4.33. The Morgan fingerprint density at radius 1 is 1.04 bits per heavy atom. The van der Waals surface area contributed by atoms with E-state index in [1.54, 1.807) is 9.58 Å². The molecule has 0 radical (unpaired) electrons. The third-order valence-electron chi connectivity index (χ3n) is 10.3. The van der Waals surface area contributed by atoms with Crippen molar-refractivity contribution in [3.8, 4) is 28.5 Å². The Bertz CT molecular complexity index is 1630. The molecular weight excluding hydrogens is 619 g/mol. The molecule has 1 amide bonds. The Labute approximate surface area is 288 Å². The number of likely N-dealkylation sites (tertiary alicyclic amines) is 1. The first kappa shape index (κ1) is 36.0. The number of ether oxygens (including phenoxy) is 3. The van der Waals surface area contributed by atoms with Crippen molar-refractivity contribution >= 4 is 25.1 Å². The molecule has 10 heteroatoms. The molecule has 4 heterocycles. The van der Waals surface area contributed by atoms with Gasteiger partial charge in [0.25, 0.3) is 0 Å². The van der Waals surface area contributed by atoms with Crippen LogP contribution in [0.25, 0.3) is 22.0 Å². The van der Waals surface area contributed by atoms with E-state index in [-0.39, 0.29) is 24.5 Å². The third kappa shape index (κ3) is 7.32. The second-order valence-electron chi connectivity index (χ2n) is 15.8. The minimum absolute atomic E-state index is 0.0845. The smallest absolute Gasteiger partial charge is 0.410 e. The number of hydrogen-bond donors (Lipinski definition) is 0. The maximum Gasteiger partial charge on any atom is 0.410 e. The molecule has 0 spiro atoms. The van der Waals surface area contributed by atoms with Crippen LogP contribution in [0.4, 0.5) is 4.79 Å². The van der Waals surface area contributed by atoms with E-state index < -0.39 is 13.7 Å². The molecule has 2 aliphatic rings. The van der Waals surface area contributed by atoms with E-state index in [2.05, 4.69) is 87.9 Å². The molecule has 0 bridgehead atoms. The summed E-state index contributed by atoms with van der Waals surface area (Å²) in [7, 11) is -0.0797. The van der Waals surface area contributed by atoms with E-state index in [1.807, 2.05) is 34.0 Å². The number of nitrogens with zero attached hydrogens (tertiary/aromatic N) is 5. The Kier molecular flexibility index (Phi) is 10.7. The fourth-order valence-electron chi connectivity index (χ4n) is 7.80. The normalized spacial score (nSPS) is 20.8. The van der Waals surface area contributed by atoms with E-state index in [9.17, 15) is 4.79 Å². The van der Waals surface area contributed by atoms with Gasteiger partial charge < -0.3 is 19.1 Å². The van der Waals surface area contributed by atoms with Crippen LogP contribution in [0.1, 0.15) is 113 Å². The molecule has 48 heavy (non-hydrogen) atoms. The zero-order valence-electron chi connectivity index (χ0n) is 31.1. The number of rotatable bonds is 7. The molecule has 2 aliphatic heterocycles. The molecule has 2 saturated heterocycles. The topological polar surface area (TPSA) is 83.6 Å². The molecule has 262 valence electrons. The predicted molar refractivity (Wildman–Crippen MR) is 195 cm³/mol. The van der Waals surface area contributed by atoms with Crippen LogP contribution in [-0.4, -0.2) is 69.5 Å². The highest BCUT2D eigenvalue weighted by Gasteiger charge is 2.42. The summed E-state index contributed by atoms with van der Waals surface area (Å²) in [6, 6.07) is 6.54. The largest absolute Gasteiger partial charge is 0.472 e. The standard InChI is InChI=1S/C38H57N5O4Si/c1-25(2)48(26(3)4,27(5)6)21-19-33-31-22-29(16-18-34(31)43(40-33)35-14-12-13-20-45-35)32-23-39-41(11)36(32)46-30-17-15-28(7)42(24-30)37(44)47-38(8,9)10/h16,18,22-23,25-28,30,35H,12-15,17,20,24H2,1-11H3. The number of amides is 1. The average Bonchev–Trinajstić information content (AvgIpc) is 3.57. The molecule has 0 aliphatic carbocycles. The number of aromatic nitrogens is 4. The van der Waals surface area contributed by atoms with E-state index in [0.717, 1.165) is 66.4 Å². The molecule has 3 aromatic rings. The second-order valence-corrected chi connectivity index (χ2v) is 21.4. The number of piperidine rings is 1. The van der Waals surface area contributed by atoms with Gasteiger partial charge in [0.05, 0.1) is 23.8 Å². The van der Waals surface area contributed by atoms with Crippen LogP contribution in [0.15, 0.2) is 24.4 Å². The summed E-state index contributed by atoms with van der Waals surface area (Å²) in [6.07, 6.45) is 6.10. The number of carbonyl (C=O) groups is 1. The van der Waals surface area contributed by atoms with Crippen molar-refractivity contribution in [2.45, 2.75) is 142 Å². The Hall–Kier alpha value is -3.29. The molecule has 9 nitrogen and oxygen atoms in total. The molecule has 2 fully saturated rings. The summed E-state index contributed by atoms with van der Waals surface area (Å²) in [6.45, 7) is 23.0. The van der Waals surface area contributed by atoms with Crippen LogP contribution in [0.2, 0.25) is 16.6 Å². The summed E-state index contributed by atoms with van der Waals surface area (Å²) in [4.78, 5) is 14.8. The van der Waals surface area contributed by atoms with E-state index in [0.29, 0.717) is 29.0 Å². The van der Waals surface area contributed by atoms with Crippen molar-refractivity contribution in [1.82, 2.24) is 24.5 Å². The van der Waals surface area contributed by atoms with Gasteiger partial charge in [-0.05, 0) is 94.1 Å². The van der Waals surface area contributed by atoms with E-state index in [4.69, 9.17) is 19.3 Å². The van der Waals surface area contributed by atoms with Gasteiger partial charge >= 0.3 is 6.09 Å². The maximum atomic E-state index is 13.0. The van der Waals surface area contributed by atoms with Crippen molar-refractivity contribution in [3.63, 3.8) is 0 Å². The van der Waals surface area contributed by atoms with Gasteiger partial charge in [0, 0.05) is 25.1 Å². The number of carbonyl (C=O) groups excluding carboxylic acids is 1. The SMILES string of the molecule is CC1CCC(Oc2c(-c3ccc4c(c3)c(C#C[Si](C(C)C)(C(C)C)C(C)C)nn4C3CCCCO3)cnn2C)CN1C(=O)OC(C)(C)C. The maximum absolute atomic E-state index is 13.0. The van der Waals surface area contributed by atoms with Crippen molar-refractivity contribution in [3.05, 3.63) is 30.1 Å². The quantitative estimate of drug-likeness (QED) is 0.184. The summed E-state index contributed by atoms with van der Waals surface area (Å²) >= 11 is 0. The molecule has 3 unspecified atom stereocenters. The average molecular weight is 676 g/mol. The highest BCUT2D eigenvalue weighted by Crippen LogP contribution is 2.41. The summed E-state index contributed by atoms with van der Waals surface area (Å²) in [5.41, 5.74) is 8.66.